The molecule has 0 aromatic rings. The zero-order valence-electron chi connectivity index (χ0n) is 15.7. The third-order valence-corrected chi connectivity index (χ3v) is 6.50. The molecule has 142 valence electrons. The first-order valence-electron chi connectivity index (χ1n) is 10.2. The molecule has 5 nitrogen and oxygen atoms in total. The van der Waals surface area contributed by atoms with E-state index in [0.29, 0.717) is 18.3 Å². The van der Waals surface area contributed by atoms with Crippen LogP contribution in [0.25, 0.3) is 0 Å². The molecule has 5 heteroatoms. The first-order chi connectivity index (χ1) is 12.1. The first-order valence-corrected chi connectivity index (χ1v) is 10.2. The molecule has 25 heavy (non-hydrogen) atoms. The second kappa shape index (κ2) is 8.52. The summed E-state index contributed by atoms with van der Waals surface area (Å²) in [6, 6.07) is 0. The lowest BCUT2D eigenvalue weighted by atomic mass is 9.78. The van der Waals surface area contributed by atoms with Gasteiger partial charge in [0, 0.05) is 39.6 Å². The molecule has 0 aromatic heterocycles. The van der Waals surface area contributed by atoms with E-state index in [4.69, 9.17) is 4.74 Å². The van der Waals surface area contributed by atoms with Crippen LogP contribution in [0.2, 0.25) is 0 Å². The van der Waals surface area contributed by atoms with E-state index in [1.807, 2.05) is 4.90 Å². The topological polar surface area (TPSA) is 58.6 Å². The van der Waals surface area contributed by atoms with E-state index in [9.17, 15) is 9.59 Å². The molecule has 1 unspecified atom stereocenters. The molecule has 1 saturated carbocycles. The lowest BCUT2D eigenvalue weighted by molar-refractivity contribution is -0.147. The Bertz CT molecular complexity index is 466. The molecular weight excluding hydrogens is 316 g/mol. The van der Waals surface area contributed by atoms with Crippen molar-refractivity contribution in [3.8, 4) is 0 Å². The summed E-state index contributed by atoms with van der Waals surface area (Å²) in [6.07, 6.45) is 10.9. The monoisotopic (exact) mass is 350 g/mol. The third kappa shape index (κ3) is 5.19. The number of amides is 2. The minimum absolute atomic E-state index is 0.0987. The van der Waals surface area contributed by atoms with Crippen molar-refractivity contribution in [2.45, 2.75) is 76.7 Å². The predicted molar refractivity (Wildman–Crippen MR) is 97.1 cm³/mol. The maximum Gasteiger partial charge on any atom is 0.220 e. The number of hydrogen-bond acceptors (Lipinski definition) is 3. The summed E-state index contributed by atoms with van der Waals surface area (Å²) in [7, 11) is 0. The maximum atomic E-state index is 12.4. The molecule has 1 atom stereocenters. The highest BCUT2D eigenvalue weighted by molar-refractivity contribution is 5.76. The molecule has 2 saturated heterocycles. The highest BCUT2D eigenvalue weighted by atomic mass is 16.5. The fourth-order valence-corrected chi connectivity index (χ4v) is 4.86. The van der Waals surface area contributed by atoms with Crippen LogP contribution in [0.1, 0.15) is 71.1 Å². The lowest BCUT2D eigenvalue weighted by Gasteiger charge is -2.46. The van der Waals surface area contributed by atoms with Crippen LogP contribution in [0, 0.1) is 11.8 Å². The normalized spacial score (nSPS) is 27.2. The fourth-order valence-electron chi connectivity index (χ4n) is 4.86. The molecule has 2 heterocycles. The number of ether oxygens (including phenoxy) is 1. The number of carbonyl (C=O) groups is 2. The Morgan fingerprint density at radius 2 is 1.80 bits per heavy atom. The van der Waals surface area contributed by atoms with Gasteiger partial charge in [-0.15, -0.1) is 0 Å². The smallest absolute Gasteiger partial charge is 0.220 e. The van der Waals surface area contributed by atoms with E-state index >= 15 is 0 Å². The van der Waals surface area contributed by atoms with Crippen molar-refractivity contribution in [3.63, 3.8) is 0 Å². The van der Waals surface area contributed by atoms with Crippen LogP contribution in [0.15, 0.2) is 0 Å². The van der Waals surface area contributed by atoms with Crippen LogP contribution in [0.3, 0.4) is 0 Å². The van der Waals surface area contributed by atoms with Crippen LogP contribution in [-0.2, 0) is 14.3 Å². The second-order valence-corrected chi connectivity index (χ2v) is 8.41. The van der Waals surface area contributed by atoms with Gasteiger partial charge < -0.3 is 15.0 Å². The second-order valence-electron chi connectivity index (χ2n) is 8.41. The molecule has 1 aliphatic carbocycles. The third-order valence-electron chi connectivity index (χ3n) is 6.50. The van der Waals surface area contributed by atoms with Gasteiger partial charge in [-0.25, -0.2) is 0 Å². The Labute approximate surface area is 151 Å². The van der Waals surface area contributed by atoms with Gasteiger partial charge in [-0.1, -0.05) is 19.3 Å². The van der Waals surface area contributed by atoms with Crippen LogP contribution >= 0.6 is 0 Å². The maximum absolute atomic E-state index is 12.4. The van der Waals surface area contributed by atoms with Gasteiger partial charge in [0.1, 0.15) is 0 Å². The fraction of sp³-hybridized carbons (Fsp3) is 0.900. The molecule has 2 aliphatic heterocycles. The molecule has 3 aliphatic rings. The lowest BCUT2D eigenvalue weighted by Crippen LogP contribution is -2.50. The Balaban J connectivity index is 1.42. The van der Waals surface area contributed by atoms with Gasteiger partial charge in [0.2, 0.25) is 11.8 Å². The van der Waals surface area contributed by atoms with Gasteiger partial charge in [-0.2, -0.15) is 0 Å². The Morgan fingerprint density at radius 3 is 2.48 bits per heavy atom. The van der Waals surface area contributed by atoms with Gasteiger partial charge >= 0.3 is 0 Å². The van der Waals surface area contributed by atoms with Crippen molar-refractivity contribution in [1.82, 2.24) is 10.2 Å². The highest BCUT2D eigenvalue weighted by Gasteiger charge is 2.41. The number of piperidine rings is 1. The van der Waals surface area contributed by atoms with Crippen molar-refractivity contribution in [1.29, 1.82) is 0 Å². The van der Waals surface area contributed by atoms with E-state index in [0.717, 1.165) is 51.9 Å². The van der Waals surface area contributed by atoms with Crippen LogP contribution in [0.4, 0.5) is 0 Å². The van der Waals surface area contributed by atoms with Crippen LogP contribution in [0.5, 0.6) is 0 Å². The minimum atomic E-state index is -0.0987. The van der Waals surface area contributed by atoms with E-state index in [1.165, 1.54) is 32.1 Å². The van der Waals surface area contributed by atoms with E-state index in [1.54, 1.807) is 6.92 Å². The van der Waals surface area contributed by atoms with Gasteiger partial charge in [0.15, 0.2) is 0 Å². The zero-order chi connectivity index (χ0) is 17.7. The van der Waals surface area contributed by atoms with Gasteiger partial charge in [-0.05, 0) is 50.4 Å². The number of carbonyl (C=O) groups excluding carboxylic acids is 2. The molecule has 2 amide bonds. The van der Waals surface area contributed by atoms with Gasteiger partial charge in [0.25, 0.3) is 0 Å². The number of likely N-dealkylation sites (tertiary alicyclic amines) is 1. The van der Waals surface area contributed by atoms with Crippen molar-refractivity contribution >= 4 is 11.8 Å². The SMILES string of the molecule is CC(=O)N1CCC2(CC1)CC(CC(=O)NCC1CCCCC1)CCO2. The summed E-state index contributed by atoms with van der Waals surface area (Å²) in [5, 5.41) is 3.18. The van der Waals surface area contributed by atoms with Crippen molar-refractivity contribution in [2.75, 3.05) is 26.2 Å². The number of hydrogen-bond donors (Lipinski definition) is 1. The summed E-state index contributed by atoms with van der Waals surface area (Å²) in [5.74, 6) is 1.48. The number of nitrogens with one attached hydrogen (secondary N) is 1. The molecule has 0 radical (unpaired) electrons. The van der Waals surface area contributed by atoms with Gasteiger partial charge in [0.05, 0.1) is 5.60 Å². The number of rotatable bonds is 4. The average Bonchev–Trinajstić information content (AvgIpc) is 2.61. The van der Waals surface area contributed by atoms with E-state index in [-0.39, 0.29) is 17.4 Å². The molecule has 1 N–H and O–H groups in total. The number of nitrogens with zero attached hydrogens (tertiary/aromatic N) is 1. The predicted octanol–water partition coefficient (Wildman–Crippen LogP) is 2.88. The standard InChI is InChI=1S/C20H34N2O3/c1-16(23)22-10-8-20(9-11-22)14-18(7-12-25-20)13-19(24)21-15-17-5-3-2-4-6-17/h17-18H,2-15H2,1H3,(H,21,24). The molecular formula is C20H34N2O3. The average molecular weight is 351 g/mol. The highest BCUT2D eigenvalue weighted by Crippen LogP contribution is 2.38. The summed E-state index contributed by atoms with van der Waals surface area (Å²) >= 11 is 0. The zero-order valence-corrected chi connectivity index (χ0v) is 15.7. The molecule has 1 spiro atoms. The van der Waals surface area contributed by atoms with Crippen molar-refractivity contribution in [3.05, 3.63) is 0 Å². The van der Waals surface area contributed by atoms with E-state index < -0.39 is 0 Å². The molecule has 0 aromatic carbocycles. The molecule has 3 fully saturated rings. The Kier molecular flexibility index (Phi) is 6.37. The van der Waals surface area contributed by atoms with Crippen LogP contribution in [-0.4, -0.2) is 48.6 Å². The van der Waals surface area contributed by atoms with Crippen molar-refractivity contribution in [2.24, 2.45) is 11.8 Å². The molecule has 3 rings (SSSR count). The largest absolute Gasteiger partial charge is 0.375 e. The van der Waals surface area contributed by atoms with Gasteiger partial charge in [-0.3, -0.25) is 9.59 Å². The summed E-state index contributed by atoms with van der Waals surface area (Å²) < 4.78 is 6.13. The Hall–Kier alpha value is -1.10. The quantitative estimate of drug-likeness (QED) is 0.848. The van der Waals surface area contributed by atoms with Crippen LogP contribution < -0.4 is 5.32 Å². The summed E-state index contributed by atoms with van der Waals surface area (Å²) in [5.41, 5.74) is -0.0987. The van der Waals surface area contributed by atoms with Crippen molar-refractivity contribution < 1.29 is 14.3 Å². The van der Waals surface area contributed by atoms with E-state index in [2.05, 4.69) is 5.32 Å². The molecule has 0 bridgehead atoms. The summed E-state index contributed by atoms with van der Waals surface area (Å²) in [6.45, 7) is 4.83. The first kappa shape index (κ1) is 18.7. The minimum Gasteiger partial charge on any atom is -0.375 e. The Morgan fingerprint density at radius 1 is 1.08 bits per heavy atom. The summed E-state index contributed by atoms with van der Waals surface area (Å²) in [4.78, 5) is 25.8.